The van der Waals surface area contributed by atoms with Gasteiger partial charge in [0.1, 0.15) is 0 Å². The molecule has 0 saturated carbocycles. The molecule has 1 rings (SSSR count). The van der Waals surface area contributed by atoms with E-state index in [-0.39, 0.29) is 30.7 Å². The Kier molecular flexibility index (Phi) is 6.06. The van der Waals surface area contributed by atoms with Gasteiger partial charge in [-0.2, -0.15) is 0 Å². The van der Waals surface area contributed by atoms with Crippen LogP contribution in [0.15, 0.2) is 30.3 Å². The molecule has 0 bridgehead atoms. The zero-order valence-corrected chi connectivity index (χ0v) is 11.4. The van der Waals surface area contributed by atoms with Gasteiger partial charge in [-0.25, -0.2) is 0 Å². The number of rotatable bonds is 7. The van der Waals surface area contributed by atoms with Crippen LogP contribution in [0.5, 0.6) is 0 Å². The van der Waals surface area contributed by atoms with Crippen LogP contribution >= 0.6 is 0 Å². The molecule has 2 unspecified atom stereocenters. The van der Waals surface area contributed by atoms with Crippen LogP contribution in [-0.2, 0) is 9.59 Å². The molecule has 0 aliphatic rings. The molecule has 4 heteroatoms. The summed E-state index contributed by atoms with van der Waals surface area (Å²) < 4.78 is 0. The fourth-order valence-corrected chi connectivity index (χ4v) is 2.05. The Balaban J connectivity index is 2.52. The molecule has 1 aromatic rings. The molecule has 19 heavy (non-hydrogen) atoms. The molecule has 1 aromatic carbocycles. The van der Waals surface area contributed by atoms with Crippen molar-refractivity contribution in [2.75, 3.05) is 0 Å². The number of carbonyl (C=O) groups excluding carboxylic acids is 1. The highest BCUT2D eigenvalue weighted by Crippen LogP contribution is 2.17. The number of hydrogen-bond acceptors (Lipinski definition) is 2. The van der Waals surface area contributed by atoms with Crippen LogP contribution in [0.4, 0.5) is 0 Å². The fraction of sp³-hybridized carbons (Fsp3) is 0.467. The second-order valence-corrected chi connectivity index (χ2v) is 4.85. The third kappa shape index (κ3) is 5.55. The quantitative estimate of drug-likeness (QED) is 0.795. The summed E-state index contributed by atoms with van der Waals surface area (Å²) in [6.07, 6.45) is 1.08. The smallest absolute Gasteiger partial charge is 0.303 e. The summed E-state index contributed by atoms with van der Waals surface area (Å²) in [7, 11) is 0. The molecule has 104 valence electrons. The number of hydrogen-bond donors (Lipinski definition) is 2. The summed E-state index contributed by atoms with van der Waals surface area (Å²) >= 11 is 0. The minimum atomic E-state index is -0.865. The highest BCUT2D eigenvalue weighted by Gasteiger charge is 2.16. The van der Waals surface area contributed by atoms with Gasteiger partial charge in [0, 0.05) is 12.8 Å². The van der Waals surface area contributed by atoms with Crippen molar-refractivity contribution in [1.29, 1.82) is 0 Å². The number of aliphatic carboxylic acids is 1. The lowest BCUT2D eigenvalue weighted by molar-refractivity contribution is -0.138. The molecule has 1 amide bonds. The van der Waals surface area contributed by atoms with E-state index >= 15 is 0 Å². The van der Waals surface area contributed by atoms with Crippen molar-refractivity contribution in [3.05, 3.63) is 35.9 Å². The van der Waals surface area contributed by atoms with Crippen molar-refractivity contribution in [2.45, 2.75) is 39.2 Å². The van der Waals surface area contributed by atoms with Gasteiger partial charge in [-0.1, -0.05) is 44.2 Å². The molecule has 0 aromatic heterocycles. The van der Waals surface area contributed by atoms with Crippen LogP contribution < -0.4 is 5.32 Å². The lowest BCUT2D eigenvalue weighted by Gasteiger charge is -2.18. The first-order chi connectivity index (χ1) is 9.02. The molecule has 2 N–H and O–H groups in total. The third-order valence-electron chi connectivity index (χ3n) is 3.00. The zero-order valence-electron chi connectivity index (χ0n) is 11.4. The van der Waals surface area contributed by atoms with E-state index in [0.717, 1.165) is 12.0 Å². The Morgan fingerprint density at radius 2 is 1.84 bits per heavy atom. The average molecular weight is 263 g/mol. The summed E-state index contributed by atoms with van der Waals surface area (Å²) in [6, 6.07) is 9.77. The SMILES string of the molecule is CCC(NC(=O)CC(C)CC(=O)O)c1ccccc1. The summed E-state index contributed by atoms with van der Waals surface area (Å²) in [5.74, 6) is -1.11. The molecular formula is C15H21NO3. The Morgan fingerprint density at radius 1 is 1.21 bits per heavy atom. The molecule has 0 fully saturated rings. The van der Waals surface area contributed by atoms with Gasteiger partial charge in [-0.15, -0.1) is 0 Å². The molecule has 2 atom stereocenters. The van der Waals surface area contributed by atoms with Crippen LogP contribution in [-0.4, -0.2) is 17.0 Å². The molecule has 0 spiro atoms. The predicted molar refractivity (Wildman–Crippen MR) is 73.7 cm³/mol. The Bertz CT molecular complexity index is 417. The van der Waals surface area contributed by atoms with Crippen LogP contribution in [0, 0.1) is 5.92 Å². The maximum absolute atomic E-state index is 11.9. The zero-order chi connectivity index (χ0) is 14.3. The predicted octanol–water partition coefficient (Wildman–Crippen LogP) is 2.75. The minimum absolute atomic E-state index is 0.00859. The van der Waals surface area contributed by atoms with E-state index in [1.807, 2.05) is 37.3 Å². The number of nitrogens with one attached hydrogen (secondary N) is 1. The van der Waals surface area contributed by atoms with Gasteiger partial charge in [0.2, 0.25) is 5.91 Å². The Hall–Kier alpha value is -1.84. The van der Waals surface area contributed by atoms with Crippen molar-refractivity contribution in [3.8, 4) is 0 Å². The average Bonchev–Trinajstić information content (AvgIpc) is 2.35. The molecule has 0 radical (unpaired) electrons. The second kappa shape index (κ2) is 7.56. The highest BCUT2D eigenvalue weighted by molar-refractivity contribution is 5.77. The lowest BCUT2D eigenvalue weighted by Crippen LogP contribution is -2.29. The number of benzene rings is 1. The number of carboxylic acid groups (broad SMARTS) is 1. The first kappa shape index (κ1) is 15.2. The van der Waals surface area contributed by atoms with Crippen molar-refractivity contribution in [2.24, 2.45) is 5.92 Å². The van der Waals surface area contributed by atoms with Gasteiger partial charge < -0.3 is 10.4 Å². The van der Waals surface area contributed by atoms with E-state index in [0.29, 0.717) is 0 Å². The van der Waals surface area contributed by atoms with E-state index in [1.54, 1.807) is 6.92 Å². The van der Waals surface area contributed by atoms with Crippen LogP contribution in [0.2, 0.25) is 0 Å². The van der Waals surface area contributed by atoms with Gasteiger partial charge in [-0.3, -0.25) is 9.59 Å². The van der Waals surface area contributed by atoms with Gasteiger partial charge in [0.05, 0.1) is 6.04 Å². The summed E-state index contributed by atoms with van der Waals surface area (Å²) in [4.78, 5) is 22.4. The standard InChI is InChI=1S/C15H21NO3/c1-3-13(12-7-5-4-6-8-12)16-14(17)9-11(2)10-15(18)19/h4-8,11,13H,3,9-10H2,1-2H3,(H,16,17)(H,18,19). The molecule has 0 aliphatic carbocycles. The van der Waals surface area contributed by atoms with Crippen molar-refractivity contribution >= 4 is 11.9 Å². The minimum Gasteiger partial charge on any atom is -0.481 e. The van der Waals surface area contributed by atoms with Gasteiger partial charge in [0.25, 0.3) is 0 Å². The van der Waals surface area contributed by atoms with Crippen molar-refractivity contribution in [3.63, 3.8) is 0 Å². The van der Waals surface area contributed by atoms with Crippen LogP contribution in [0.1, 0.15) is 44.7 Å². The third-order valence-corrected chi connectivity index (χ3v) is 3.00. The van der Waals surface area contributed by atoms with Crippen LogP contribution in [0.3, 0.4) is 0 Å². The molecule has 4 nitrogen and oxygen atoms in total. The molecule has 0 saturated heterocycles. The second-order valence-electron chi connectivity index (χ2n) is 4.85. The largest absolute Gasteiger partial charge is 0.481 e. The van der Waals surface area contributed by atoms with Crippen molar-refractivity contribution < 1.29 is 14.7 Å². The number of carbonyl (C=O) groups is 2. The van der Waals surface area contributed by atoms with Crippen LogP contribution in [0.25, 0.3) is 0 Å². The van der Waals surface area contributed by atoms with E-state index in [1.165, 1.54) is 0 Å². The first-order valence-electron chi connectivity index (χ1n) is 6.59. The first-order valence-corrected chi connectivity index (χ1v) is 6.59. The molecule has 0 heterocycles. The number of amides is 1. The topological polar surface area (TPSA) is 66.4 Å². The number of carboxylic acids is 1. The van der Waals surface area contributed by atoms with E-state index in [2.05, 4.69) is 5.32 Å². The summed E-state index contributed by atoms with van der Waals surface area (Å²) in [5, 5.41) is 11.6. The van der Waals surface area contributed by atoms with Gasteiger partial charge in [-0.05, 0) is 17.9 Å². The fourth-order valence-electron chi connectivity index (χ4n) is 2.05. The maximum Gasteiger partial charge on any atom is 0.303 e. The van der Waals surface area contributed by atoms with E-state index in [9.17, 15) is 9.59 Å². The van der Waals surface area contributed by atoms with Gasteiger partial charge >= 0.3 is 5.97 Å². The highest BCUT2D eigenvalue weighted by atomic mass is 16.4. The Labute approximate surface area is 113 Å². The summed E-state index contributed by atoms with van der Waals surface area (Å²) in [5.41, 5.74) is 1.07. The van der Waals surface area contributed by atoms with Gasteiger partial charge in [0.15, 0.2) is 0 Å². The molecular weight excluding hydrogens is 242 g/mol. The normalized spacial score (nSPS) is 13.6. The lowest BCUT2D eigenvalue weighted by atomic mass is 10.0. The molecule has 0 aliphatic heterocycles. The van der Waals surface area contributed by atoms with Crippen molar-refractivity contribution in [1.82, 2.24) is 5.32 Å². The van der Waals surface area contributed by atoms with E-state index in [4.69, 9.17) is 5.11 Å². The monoisotopic (exact) mass is 263 g/mol. The summed E-state index contributed by atoms with van der Waals surface area (Å²) in [6.45, 7) is 3.79. The van der Waals surface area contributed by atoms with E-state index < -0.39 is 5.97 Å². The maximum atomic E-state index is 11.9. The Morgan fingerprint density at radius 3 is 2.37 bits per heavy atom.